The number of ether oxygens (including phenoxy) is 1. The van der Waals surface area contributed by atoms with E-state index in [9.17, 15) is 12.8 Å². The van der Waals surface area contributed by atoms with Crippen LogP contribution in [-0.2, 0) is 16.6 Å². The van der Waals surface area contributed by atoms with Gasteiger partial charge in [-0.2, -0.15) is 0 Å². The van der Waals surface area contributed by atoms with E-state index < -0.39 is 10.0 Å². The first-order valence-corrected chi connectivity index (χ1v) is 11.2. The van der Waals surface area contributed by atoms with Gasteiger partial charge in [-0.25, -0.2) is 17.1 Å². The summed E-state index contributed by atoms with van der Waals surface area (Å²) in [6, 6.07) is 15.0. The van der Waals surface area contributed by atoms with E-state index in [0.29, 0.717) is 22.8 Å². The number of aromatic nitrogens is 3. The van der Waals surface area contributed by atoms with Crippen LogP contribution in [0, 0.1) is 5.82 Å². The Bertz CT molecular complexity index is 1370. The fourth-order valence-corrected chi connectivity index (χ4v) is 4.28. The van der Waals surface area contributed by atoms with Crippen molar-refractivity contribution in [3.05, 3.63) is 72.3 Å². The summed E-state index contributed by atoms with van der Waals surface area (Å²) in [5, 5.41) is 11.4. The highest BCUT2D eigenvalue weighted by atomic mass is 32.2. The van der Waals surface area contributed by atoms with Crippen LogP contribution >= 0.6 is 0 Å². The number of rotatable bonds is 7. The smallest absolute Gasteiger partial charge is 0.242 e. The summed E-state index contributed by atoms with van der Waals surface area (Å²) >= 11 is 0. The molecule has 0 aliphatic rings. The number of halogens is 1. The average Bonchev–Trinajstić information content (AvgIpc) is 3.28. The van der Waals surface area contributed by atoms with Gasteiger partial charge in [0.15, 0.2) is 5.65 Å². The molecule has 0 amide bonds. The van der Waals surface area contributed by atoms with Gasteiger partial charge < -0.3 is 10.1 Å². The molecule has 8 nitrogen and oxygen atoms in total. The summed E-state index contributed by atoms with van der Waals surface area (Å²) in [5.41, 5.74) is 2.57. The minimum Gasteiger partial charge on any atom is -0.496 e. The molecule has 0 unspecified atom stereocenters. The molecular weight excluding hydrogens is 433 g/mol. The maximum absolute atomic E-state index is 14.2. The van der Waals surface area contributed by atoms with Crippen LogP contribution in [0.15, 0.2) is 65.8 Å². The van der Waals surface area contributed by atoms with Crippen molar-refractivity contribution in [3.63, 3.8) is 0 Å². The zero-order valence-electron chi connectivity index (χ0n) is 17.8. The van der Waals surface area contributed by atoms with Crippen molar-refractivity contribution < 1.29 is 17.5 Å². The first kappa shape index (κ1) is 21.7. The summed E-state index contributed by atoms with van der Waals surface area (Å²) in [4.78, 5) is 0.209. The minimum atomic E-state index is -3.51. The summed E-state index contributed by atoms with van der Waals surface area (Å²) in [5.74, 6) is 0.772. The van der Waals surface area contributed by atoms with E-state index in [0.717, 1.165) is 11.1 Å². The highest BCUT2D eigenvalue weighted by molar-refractivity contribution is 7.89. The Morgan fingerprint density at radius 2 is 1.84 bits per heavy atom. The van der Waals surface area contributed by atoms with Crippen molar-refractivity contribution in [1.82, 2.24) is 18.9 Å². The molecule has 0 fully saturated rings. The van der Waals surface area contributed by atoms with Crippen LogP contribution in [0.4, 0.5) is 10.2 Å². The maximum Gasteiger partial charge on any atom is 0.242 e. The van der Waals surface area contributed by atoms with Crippen molar-refractivity contribution in [2.45, 2.75) is 11.4 Å². The molecule has 2 aromatic carbocycles. The number of hydrogen-bond acceptors (Lipinski definition) is 6. The van der Waals surface area contributed by atoms with Crippen LogP contribution in [-0.4, -0.2) is 48.5 Å². The monoisotopic (exact) mass is 455 g/mol. The highest BCUT2D eigenvalue weighted by Crippen LogP contribution is 2.28. The van der Waals surface area contributed by atoms with Crippen molar-refractivity contribution in [2.24, 2.45) is 0 Å². The Hall–Kier alpha value is -3.50. The standard InChI is InChI=1S/C22H22FN5O3S/c1-27(2)32(29,30)16-9-7-15(8-10-16)17-11-12-21(28-14-25-26-22(17)28)24-13-18-19(23)5-4-6-20(18)31-3/h4-12,14,24H,13H2,1-3H3. The zero-order valence-corrected chi connectivity index (χ0v) is 18.6. The molecule has 0 saturated carbocycles. The number of fused-ring (bicyclic) bond motifs is 1. The third kappa shape index (κ3) is 3.90. The van der Waals surface area contributed by atoms with E-state index in [1.807, 2.05) is 12.1 Å². The Morgan fingerprint density at radius 1 is 1.09 bits per heavy atom. The lowest BCUT2D eigenvalue weighted by Gasteiger charge is -2.14. The molecule has 10 heteroatoms. The van der Waals surface area contributed by atoms with Gasteiger partial charge in [-0.3, -0.25) is 4.40 Å². The van der Waals surface area contributed by atoms with Crippen molar-refractivity contribution in [2.75, 3.05) is 26.5 Å². The number of nitrogens with one attached hydrogen (secondary N) is 1. The number of benzene rings is 2. The van der Waals surface area contributed by atoms with E-state index >= 15 is 0 Å². The van der Waals surface area contributed by atoms with Crippen LogP contribution in [0.3, 0.4) is 0 Å². The number of hydrogen-bond donors (Lipinski definition) is 1. The molecule has 0 saturated heterocycles. The number of sulfonamides is 1. The average molecular weight is 456 g/mol. The summed E-state index contributed by atoms with van der Waals surface area (Å²) in [6.07, 6.45) is 1.56. The van der Waals surface area contributed by atoms with E-state index in [1.165, 1.54) is 31.6 Å². The van der Waals surface area contributed by atoms with Crippen molar-refractivity contribution >= 4 is 21.5 Å². The normalized spacial score (nSPS) is 11.8. The molecule has 0 atom stereocenters. The molecular formula is C22H22FN5O3S. The first-order chi connectivity index (χ1) is 15.3. The molecule has 0 bridgehead atoms. The van der Waals surface area contributed by atoms with E-state index in [1.54, 1.807) is 47.1 Å². The molecule has 166 valence electrons. The molecule has 0 aliphatic heterocycles. The minimum absolute atomic E-state index is 0.208. The van der Waals surface area contributed by atoms with Gasteiger partial charge in [0.1, 0.15) is 23.7 Å². The van der Waals surface area contributed by atoms with Gasteiger partial charge in [-0.1, -0.05) is 18.2 Å². The topological polar surface area (TPSA) is 88.8 Å². The Kier molecular flexibility index (Phi) is 5.81. The van der Waals surface area contributed by atoms with E-state index in [-0.39, 0.29) is 17.3 Å². The predicted molar refractivity (Wildman–Crippen MR) is 120 cm³/mol. The lowest BCUT2D eigenvalue weighted by Crippen LogP contribution is -2.22. The second kappa shape index (κ2) is 8.56. The second-order valence-corrected chi connectivity index (χ2v) is 9.39. The molecule has 4 aromatic rings. The highest BCUT2D eigenvalue weighted by Gasteiger charge is 2.18. The largest absolute Gasteiger partial charge is 0.496 e. The van der Waals surface area contributed by atoms with Gasteiger partial charge >= 0.3 is 0 Å². The summed E-state index contributed by atoms with van der Waals surface area (Å²) in [7, 11) is 0.975. The molecule has 0 radical (unpaired) electrons. The Balaban J connectivity index is 1.65. The quantitative estimate of drug-likeness (QED) is 0.460. The Labute approximate surface area is 185 Å². The molecule has 0 spiro atoms. The molecule has 0 aliphatic carbocycles. The van der Waals surface area contributed by atoms with E-state index in [4.69, 9.17) is 4.74 Å². The SMILES string of the molecule is COc1cccc(F)c1CNc1ccc(-c2ccc(S(=O)(=O)N(C)C)cc2)c2nncn12. The van der Waals surface area contributed by atoms with Gasteiger partial charge in [-0.15, -0.1) is 10.2 Å². The number of pyridine rings is 1. The molecule has 4 rings (SSSR count). The van der Waals surface area contributed by atoms with Gasteiger partial charge in [0.2, 0.25) is 10.0 Å². The van der Waals surface area contributed by atoms with Crippen LogP contribution in [0.1, 0.15) is 5.56 Å². The second-order valence-electron chi connectivity index (χ2n) is 7.24. The number of nitrogens with zero attached hydrogens (tertiary/aromatic N) is 4. The molecule has 1 N–H and O–H groups in total. The van der Waals surface area contributed by atoms with Crippen molar-refractivity contribution in [3.8, 4) is 16.9 Å². The third-order valence-corrected chi connectivity index (χ3v) is 6.97. The Morgan fingerprint density at radius 3 is 2.53 bits per heavy atom. The van der Waals surface area contributed by atoms with Crippen LogP contribution < -0.4 is 10.1 Å². The lowest BCUT2D eigenvalue weighted by atomic mass is 10.1. The summed E-state index contributed by atoms with van der Waals surface area (Å²) < 4.78 is 47.0. The lowest BCUT2D eigenvalue weighted by molar-refractivity contribution is 0.405. The number of methoxy groups -OCH3 is 1. The predicted octanol–water partition coefficient (Wildman–Crippen LogP) is 3.41. The molecule has 2 aromatic heterocycles. The fraction of sp³-hybridized carbons (Fsp3) is 0.182. The first-order valence-electron chi connectivity index (χ1n) is 9.74. The van der Waals surface area contributed by atoms with Gasteiger partial charge in [0.25, 0.3) is 0 Å². The molecule has 2 heterocycles. The van der Waals surface area contributed by atoms with E-state index in [2.05, 4.69) is 15.5 Å². The summed E-state index contributed by atoms with van der Waals surface area (Å²) in [6.45, 7) is 0.208. The van der Waals surface area contributed by atoms with Gasteiger partial charge in [-0.05, 0) is 42.0 Å². The fourth-order valence-electron chi connectivity index (χ4n) is 3.38. The van der Waals surface area contributed by atoms with Crippen LogP contribution in [0.5, 0.6) is 5.75 Å². The maximum atomic E-state index is 14.2. The zero-order chi connectivity index (χ0) is 22.9. The van der Waals surface area contributed by atoms with Crippen molar-refractivity contribution in [1.29, 1.82) is 0 Å². The van der Waals surface area contributed by atoms with Gasteiger partial charge in [0.05, 0.1) is 12.0 Å². The molecule has 32 heavy (non-hydrogen) atoms. The van der Waals surface area contributed by atoms with Crippen LogP contribution in [0.2, 0.25) is 0 Å². The number of anilines is 1. The van der Waals surface area contributed by atoms with Crippen LogP contribution in [0.25, 0.3) is 16.8 Å². The third-order valence-electron chi connectivity index (χ3n) is 5.14. The van der Waals surface area contributed by atoms with Gasteiger partial charge in [0, 0.05) is 31.8 Å².